The second-order valence-electron chi connectivity index (χ2n) is 5.48. The molecule has 1 unspecified atom stereocenters. The van der Waals surface area contributed by atoms with Gasteiger partial charge in [-0.3, -0.25) is 4.79 Å². The van der Waals surface area contributed by atoms with Gasteiger partial charge >= 0.3 is 0 Å². The summed E-state index contributed by atoms with van der Waals surface area (Å²) >= 11 is 0. The SMILES string of the molecule is CN1CCCC1CNc1nn(C)c(=O)c2ccccc12. The van der Waals surface area contributed by atoms with Gasteiger partial charge in [0.05, 0.1) is 5.39 Å². The van der Waals surface area contributed by atoms with Gasteiger partial charge in [0.1, 0.15) is 0 Å². The quantitative estimate of drug-likeness (QED) is 0.918. The van der Waals surface area contributed by atoms with E-state index in [0.29, 0.717) is 11.4 Å². The number of likely N-dealkylation sites (N-methyl/N-ethyl adjacent to an activating group) is 1. The molecule has 0 radical (unpaired) electrons. The van der Waals surface area contributed by atoms with E-state index in [4.69, 9.17) is 0 Å². The van der Waals surface area contributed by atoms with Gasteiger partial charge in [0, 0.05) is 25.0 Å². The highest BCUT2D eigenvalue weighted by molar-refractivity contribution is 5.90. The van der Waals surface area contributed by atoms with E-state index in [-0.39, 0.29) is 5.56 Å². The third-order valence-electron chi connectivity index (χ3n) is 4.13. The molecule has 1 saturated heterocycles. The molecular formula is C15H20N4O. The first kappa shape index (κ1) is 13.1. The van der Waals surface area contributed by atoms with Crippen LogP contribution in [0.15, 0.2) is 29.1 Å². The summed E-state index contributed by atoms with van der Waals surface area (Å²) in [6.45, 7) is 2.03. The summed E-state index contributed by atoms with van der Waals surface area (Å²) in [5, 5.41) is 9.39. The fourth-order valence-electron chi connectivity index (χ4n) is 2.88. The summed E-state index contributed by atoms with van der Waals surface area (Å²) in [6, 6.07) is 8.18. The minimum Gasteiger partial charge on any atom is -0.367 e. The van der Waals surface area contributed by atoms with Crippen LogP contribution in [-0.2, 0) is 7.05 Å². The van der Waals surface area contributed by atoms with E-state index >= 15 is 0 Å². The summed E-state index contributed by atoms with van der Waals surface area (Å²) in [5.41, 5.74) is -0.0517. The molecule has 1 aliphatic heterocycles. The molecule has 1 atom stereocenters. The van der Waals surface area contributed by atoms with Crippen molar-refractivity contribution in [3.8, 4) is 0 Å². The zero-order chi connectivity index (χ0) is 14.1. The number of hydrogen-bond donors (Lipinski definition) is 1. The van der Waals surface area contributed by atoms with Crippen molar-refractivity contribution in [2.75, 3.05) is 25.5 Å². The maximum atomic E-state index is 12.1. The lowest BCUT2D eigenvalue weighted by molar-refractivity contribution is 0.322. The first-order valence-electron chi connectivity index (χ1n) is 7.07. The van der Waals surface area contributed by atoms with Gasteiger partial charge in [0.25, 0.3) is 5.56 Å². The normalized spacial score (nSPS) is 19.6. The zero-order valence-corrected chi connectivity index (χ0v) is 12.0. The van der Waals surface area contributed by atoms with Gasteiger partial charge in [-0.15, -0.1) is 0 Å². The van der Waals surface area contributed by atoms with Crippen molar-refractivity contribution in [2.45, 2.75) is 18.9 Å². The molecule has 106 valence electrons. The standard InChI is InChI=1S/C15H20N4O/c1-18-9-5-6-11(18)10-16-14-12-7-3-4-8-13(12)15(20)19(2)17-14/h3-4,7-8,11H,5-6,9-10H2,1-2H3,(H,16,17). The highest BCUT2D eigenvalue weighted by Crippen LogP contribution is 2.19. The van der Waals surface area contributed by atoms with E-state index < -0.39 is 0 Å². The molecule has 1 aliphatic rings. The maximum Gasteiger partial charge on any atom is 0.274 e. The second-order valence-corrected chi connectivity index (χ2v) is 5.48. The van der Waals surface area contributed by atoms with Crippen LogP contribution >= 0.6 is 0 Å². The Labute approximate surface area is 118 Å². The van der Waals surface area contributed by atoms with E-state index in [0.717, 1.165) is 24.3 Å². The zero-order valence-electron chi connectivity index (χ0n) is 12.0. The number of fused-ring (bicyclic) bond motifs is 1. The Morgan fingerprint density at radius 1 is 1.30 bits per heavy atom. The Kier molecular flexibility index (Phi) is 3.44. The predicted molar refractivity (Wildman–Crippen MR) is 81.1 cm³/mol. The van der Waals surface area contributed by atoms with Crippen LogP contribution < -0.4 is 10.9 Å². The number of hydrogen-bond acceptors (Lipinski definition) is 4. The molecule has 1 fully saturated rings. The number of nitrogens with one attached hydrogen (secondary N) is 1. The highest BCUT2D eigenvalue weighted by atomic mass is 16.1. The first-order valence-corrected chi connectivity index (χ1v) is 7.07. The fourth-order valence-corrected chi connectivity index (χ4v) is 2.88. The van der Waals surface area contributed by atoms with Crippen LogP contribution in [0.4, 0.5) is 5.82 Å². The Morgan fingerprint density at radius 3 is 2.75 bits per heavy atom. The number of aromatic nitrogens is 2. The average Bonchev–Trinajstić information content (AvgIpc) is 2.87. The molecule has 3 rings (SSSR count). The van der Waals surface area contributed by atoms with Crippen LogP contribution in [0.2, 0.25) is 0 Å². The number of nitrogens with zero attached hydrogens (tertiary/aromatic N) is 3. The Balaban J connectivity index is 1.91. The molecule has 5 nitrogen and oxygen atoms in total. The van der Waals surface area contributed by atoms with Crippen LogP contribution in [0.3, 0.4) is 0 Å². The summed E-state index contributed by atoms with van der Waals surface area (Å²) in [4.78, 5) is 14.4. The molecule has 1 N–H and O–H groups in total. The molecule has 0 aliphatic carbocycles. The van der Waals surface area contributed by atoms with Crippen molar-refractivity contribution in [1.82, 2.24) is 14.7 Å². The fraction of sp³-hybridized carbons (Fsp3) is 0.467. The largest absolute Gasteiger partial charge is 0.367 e. The topological polar surface area (TPSA) is 50.2 Å². The van der Waals surface area contributed by atoms with Gasteiger partial charge in [-0.05, 0) is 32.5 Å². The van der Waals surface area contributed by atoms with Gasteiger partial charge in [0.15, 0.2) is 5.82 Å². The summed E-state index contributed by atoms with van der Waals surface area (Å²) in [5.74, 6) is 0.794. The summed E-state index contributed by atoms with van der Waals surface area (Å²) in [6.07, 6.45) is 2.47. The number of rotatable bonds is 3. The molecule has 2 heterocycles. The number of benzene rings is 1. The number of aryl methyl sites for hydroxylation is 1. The van der Waals surface area contributed by atoms with E-state index in [9.17, 15) is 4.79 Å². The van der Waals surface area contributed by atoms with E-state index in [1.807, 2.05) is 24.3 Å². The van der Waals surface area contributed by atoms with Crippen LogP contribution in [0, 0.1) is 0 Å². The lowest BCUT2D eigenvalue weighted by Gasteiger charge is -2.20. The average molecular weight is 272 g/mol. The third kappa shape index (κ3) is 2.29. The molecule has 0 bridgehead atoms. The molecule has 0 saturated carbocycles. The van der Waals surface area contributed by atoms with Gasteiger partial charge in [-0.25, -0.2) is 4.68 Å². The second kappa shape index (κ2) is 5.25. The van der Waals surface area contributed by atoms with Crippen molar-refractivity contribution in [1.29, 1.82) is 0 Å². The van der Waals surface area contributed by atoms with Crippen LogP contribution in [0.1, 0.15) is 12.8 Å². The van der Waals surface area contributed by atoms with Gasteiger partial charge in [-0.1, -0.05) is 18.2 Å². The molecule has 0 amide bonds. The lowest BCUT2D eigenvalue weighted by atomic mass is 10.1. The van der Waals surface area contributed by atoms with Crippen LogP contribution in [0.5, 0.6) is 0 Å². The Morgan fingerprint density at radius 2 is 2.05 bits per heavy atom. The van der Waals surface area contributed by atoms with Crippen molar-refractivity contribution in [3.63, 3.8) is 0 Å². The van der Waals surface area contributed by atoms with Crippen molar-refractivity contribution < 1.29 is 0 Å². The van der Waals surface area contributed by atoms with E-state index in [2.05, 4.69) is 22.4 Å². The predicted octanol–water partition coefficient (Wildman–Crippen LogP) is 1.44. The number of likely N-dealkylation sites (tertiary alicyclic amines) is 1. The minimum absolute atomic E-state index is 0.0517. The number of anilines is 1. The highest BCUT2D eigenvalue weighted by Gasteiger charge is 2.20. The molecule has 1 aromatic carbocycles. The molecule has 0 spiro atoms. The molecule has 2 aromatic rings. The first-order chi connectivity index (χ1) is 9.66. The minimum atomic E-state index is -0.0517. The Bertz CT molecular complexity index is 679. The van der Waals surface area contributed by atoms with E-state index in [1.54, 1.807) is 7.05 Å². The monoisotopic (exact) mass is 272 g/mol. The Hall–Kier alpha value is -1.88. The van der Waals surface area contributed by atoms with Gasteiger partial charge in [0.2, 0.25) is 0 Å². The third-order valence-corrected chi connectivity index (χ3v) is 4.13. The van der Waals surface area contributed by atoms with E-state index in [1.165, 1.54) is 17.5 Å². The van der Waals surface area contributed by atoms with Crippen LogP contribution in [-0.4, -0.2) is 40.9 Å². The van der Waals surface area contributed by atoms with Gasteiger partial charge < -0.3 is 10.2 Å². The molecule has 20 heavy (non-hydrogen) atoms. The summed E-state index contributed by atoms with van der Waals surface area (Å²) in [7, 11) is 3.85. The molecular weight excluding hydrogens is 252 g/mol. The lowest BCUT2D eigenvalue weighted by Crippen LogP contribution is -2.32. The van der Waals surface area contributed by atoms with Crippen molar-refractivity contribution in [2.24, 2.45) is 7.05 Å². The smallest absolute Gasteiger partial charge is 0.274 e. The van der Waals surface area contributed by atoms with Crippen LogP contribution in [0.25, 0.3) is 10.8 Å². The molecule has 5 heteroatoms. The molecule has 1 aromatic heterocycles. The maximum absolute atomic E-state index is 12.1. The van der Waals surface area contributed by atoms with Crippen molar-refractivity contribution in [3.05, 3.63) is 34.6 Å². The summed E-state index contributed by atoms with van der Waals surface area (Å²) < 4.78 is 1.41. The van der Waals surface area contributed by atoms with Crippen molar-refractivity contribution >= 4 is 16.6 Å². The van der Waals surface area contributed by atoms with Gasteiger partial charge in [-0.2, -0.15) is 5.10 Å².